The number of hydrogen-bond donors (Lipinski definition) is 0. The van der Waals surface area contributed by atoms with E-state index in [1.807, 2.05) is 24.3 Å². The smallest absolute Gasteiger partial charge is 0.399 e. The van der Waals surface area contributed by atoms with E-state index in [2.05, 4.69) is 162 Å². The maximum absolute atomic E-state index is 6.19. The summed E-state index contributed by atoms with van der Waals surface area (Å²) in [5.74, 6) is 7.53. The highest BCUT2D eigenvalue weighted by molar-refractivity contribution is 6.62. The third-order valence-corrected chi connectivity index (χ3v) is 9.34. The maximum atomic E-state index is 6.19. The van der Waals surface area contributed by atoms with Crippen LogP contribution in [-0.4, -0.2) is 56.1 Å². The molecule has 1 aliphatic rings. The molecule has 1 aliphatic heterocycles. The Hall–Kier alpha value is -4.77. The quantitative estimate of drug-likeness (QED) is 0.148. The molecule has 1 saturated heterocycles. The summed E-state index contributed by atoms with van der Waals surface area (Å²) in [5, 5.41) is 0. The van der Waals surface area contributed by atoms with Crippen LogP contribution in [0.2, 0.25) is 0 Å². The summed E-state index contributed by atoms with van der Waals surface area (Å²) in [6.07, 6.45) is 0. The molecule has 0 amide bonds. The molecule has 0 unspecified atom stereocenters. The molecule has 6 nitrogen and oxygen atoms in total. The molecular weight excluding hydrogens is 579 g/mol. The van der Waals surface area contributed by atoms with Crippen molar-refractivity contribution in [3.05, 3.63) is 108 Å². The molecule has 0 N–H and O–H groups in total. The highest BCUT2D eigenvalue weighted by atomic mass is 16.7. The molecule has 1 fully saturated rings. The highest BCUT2D eigenvalue weighted by Crippen LogP contribution is 2.38. The molecule has 0 aliphatic carbocycles. The Bertz CT molecular complexity index is 1910. The summed E-state index contributed by atoms with van der Waals surface area (Å²) in [4.78, 5) is 9.44. The number of benzene rings is 4. The summed E-state index contributed by atoms with van der Waals surface area (Å²) in [6, 6.07) is 33.7. The monoisotopic (exact) mass is 622 g/mol. The lowest BCUT2D eigenvalue weighted by atomic mass is 9.79. The zero-order valence-electron chi connectivity index (χ0n) is 28.9. The SMILES string of the molecule is CN(C)c1ccc(-c2nc(-c3ccc(C#Cc4ccc(B5OC(C)(C)C(C)(C)O5)cc4)cc3)n(C)c2-c2ccc(N(C)C)cc2)cc1. The van der Waals surface area contributed by atoms with Crippen LogP contribution in [0.15, 0.2) is 97.1 Å². The van der Waals surface area contributed by atoms with Gasteiger partial charge in [-0.2, -0.15) is 0 Å². The van der Waals surface area contributed by atoms with Gasteiger partial charge in [0.15, 0.2) is 0 Å². The van der Waals surface area contributed by atoms with E-state index >= 15 is 0 Å². The summed E-state index contributed by atoms with van der Waals surface area (Å²) >= 11 is 0. The molecule has 1 aromatic heterocycles. The number of nitrogens with zero attached hydrogens (tertiary/aromatic N) is 4. The first-order valence-electron chi connectivity index (χ1n) is 16.0. The molecule has 5 aromatic rings. The molecule has 0 spiro atoms. The first-order valence-corrected chi connectivity index (χ1v) is 16.0. The van der Waals surface area contributed by atoms with E-state index in [1.165, 1.54) is 0 Å². The minimum Gasteiger partial charge on any atom is -0.399 e. The molecule has 47 heavy (non-hydrogen) atoms. The Balaban J connectivity index is 1.27. The summed E-state index contributed by atoms with van der Waals surface area (Å²) in [6.45, 7) is 8.27. The molecule has 238 valence electrons. The van der Waals surface area contributed by atoms with Gasteiger partial charge in [0.1, 0.15) is 5.82 Å². The van der Waals surface area contributed by atoms with Gasteiger partial charge in [0.25, 0.3) is 0 Å². The van der Waals surface area contributed by atoms with E-state index in [9.17, 15) is 0 Å². The predicted octanol–water partition coefficient (Wildman–Crippen LogP) is 7.25. The van der Waals surface area contributed by atoms with E-state index in [0.717, 1.165) is 61.9 Å². The standard InChI is InChI=1S/C40H43BN4O2/c1-39(2)40(3,4)47-41(46-39)33-22-14-29(15-23-33)11-10-28-12-16-32(17-13-28)38-42-36(30-18-24-34(25-19-30)43(5)6)37(45(38)9)31-20-26-35(27-21-31)44(7)8/h12-27H,1-9H3. The van der Waals surface area contributed by atoms with Gasteiger partial charge >= 0.3 is 7.12 Å². The predicted molar refractivity (Wildman–Crippen MR) is 196 cm³/mol. The van der Waals surface area contributed by atoms with Gasteiger partial charge in [-0.05, 0) is 81.7 Å². The number of imidazole rings is 1. The Morgan fingerprint density at radius 3 is 1.49 bits per heavy atom. The fourth-order valence-electron chi connectivity index (χ4n) is 5.67. The maximum Gasteiger partial charge on any atom is 0.494 e. The molecule has 6 rings (SSSR count). The minimum atomic E-state index is -0.378. The zero-order valence-corrected chi connectivity index (χ0v) is 28.9. The first-order chi connectivity index (χ1) is 22.3. The molecule has 0 saturated carbocycles. The average Bonchev–Trinajstić information content (AvgIpc) is 3.51. The van der Waals surface area contributed by atoms with Crippen molar-refractivity contribution < 1.29 is 9.31 Å². The molecule has 7 heteroatoms. The van der Waals surface area contributed by atoms with Gasteiger partial charge < -0.3 is 23.7 Å². The van der Waals surface area contributed by atoms with E-state index in [-0.39, 0.29) is 18.3 Å². The number of aromatic nitrogens is 2. The van der Waals surface area contributed by atoms with Crippen molar-refractivity contribution in [1.82, 2.24) is 9.55 Å². The summed E-state index contributed by atoms with van der Waals surface area (Å²) in [5.41, 5.74) is 9.72. The van der Waals surface area contributed by atoms with Gasteiger partial charge in [-0.1, -0.05) is 60.4 Å². The van der Waals surface area contributed by atoms with Crippen LogP contribution in [-0.2, 0) is 16.4 Å². The van der Waals surface area contributed by atoms with Gasteiger partial charge in [0, 0.05) is 74.4 Å². The molecule has 2 heterocycles. The fourth-order valence-corrected chi connectivity index (χ4v) is 5.67. The number of rotatable bonds is 6. The second-order valence-electron chi connectivity index (χ2n) is 13.6. The third kappa shape index (κ3) is 6.45. The van der Waals surface area contributed by atoms with Crippen LogP contribution >= 0.6 is 0 Å². The van der Waals surface area contributed by atoms with E-state index < -0.39 is 0 Å². The number of anilines is 2. The lowest BCUT2D eigenvalue weighted by Gasteiger charge is -2.32. The average molecular weight is 623 g/mol. The number of hydrogen-bond acceptors (Lipinski definition) is 5. The van der Waals surface area contributed by atoms with Crippen molar-refractivity contribution in [2.45, 2.75) is 38.9 Å². The third-order valence-electron chi connectivity index (χ3n) is 9.34. The van der Waals surface area contributed by atoms with Crippen molar-refractivity contribution in [3.8, 4) is 45.7 Å². The largest absolute Gasteiger partial charge is 0.494 e. The first kappa shape index (κ1) is 32.2. The lowest BCUT2D eigenvalue weighted by Crippen LogP contribution is -2.41. The van der Waals surface area contributed by atoms with Gasteiger partial charge in [-0.15, -0.1) is 0 Å². The van der Waals surface area contributed by atoms with Gasteiger partial charge in [-0.3, -0.25) is 0 Å². The Kier molecular flexibility index (Phi) is 8.52. The molecule has 0 bridgehead atoms. The summed E-state index contributed by atoms with van der Waals surface area (Å²) in [7, 11) is 9.94. The Labute approximate surface area is 280 Å². The second kappa shape index (κ2) is 12.4. The van der Waals surface area contributed by atoms with Crippen LogP contribution in [0, 0.1) is 11.8 Å². The molecular formula is C40H43BN4O2. The zero-order chi connectivity index (χ0) is 33.5. The van der Waals surface area contributed by atoms with Crippen molar-refractivity contribution >= 4 is 24.0 Å². The Morgan fingerprint density at radius 2 is 1.02 bits per heavy atom. The normalized spacial score (nSPS) is 14.9. The van der Waals surface area contributed by atoms with E-state index in [0.29, 0.717) is 0 Å². The van der Waals surface area contributed by atoms with Crippen molar-refractivity contribution in [1.29, 1.82) is 0 Å². The van der Waals surface area contributed by atoms with E-state index in [1.54, 1.807) is 0 Å². The molecule has 4 aromatic carbocycles. The van der Waals surface area contributed by atoms with Crippen LogP contribution in [0.4, 0.5) is 11.4 Å². The topological polar surface area (TPSA) is 42.8 Å². The van der Waals surface area contributed by atoms with Crippen LogP contribution < -0.4 is 15.3 Å². The summed E-state index contributed by atoms with van der Waals surface area (Å²) < 4.78 is 14.6. The second-order valence-corrected chi connectivity index (χ2v) is 13.6. The van der Waals surface area contributed by atoms with Gasteiger partial charge in [0.05, 0.1) is 22.6 Å². The minimum absolute atomic E-state index is 0.366. The molecule has 0 atom stereocenters. The fraction of sp³-hybridized carbons (Fsp3) is 0.275. The van der Waals surface area contributed by atoms with Crippen LogP contribution in [0.25, 0.3) is 33.9 Å². The highest BCUT2D eigenvalue weighted by Gasteiger charge is 2.51. The van der Waals surface area contributed by atoms with Gasteiger partial charge in [0.2, 0.25) is 0 Å². The van der Waals surface area contributed by atoms with Crippen molar-refractivity contribution in [2.24, 2.45) is 7.05 Å². The van der Waals surface area contributed by atoms with Gasteiger partial charge in [-0.25, -0.2) is 4.98 Å². The van der Waals surface area contributed by atoms with Crippen molar-refractivity contribution in [3.63, 3.8) is 0 Å². The Morgan fingerprint density at radius 1 is 0.596 bits per heavy atom. The van der Waals surface area contributed by atoms with Crippen LogP contribution in [0.3, 0.4) is 0 Å². The molecule has 0 radical (unpaired) electrons. The van der Waals surface area contributed by atoms with E-state index in [4.69, 9.17) is 14.3 Å². The van der Waals surface area contributed by atoms with Crippen LogP contribution in [0.5, 0.6) is 0 Å². The lowest BCUT2D eigenvalue weighted by molar-refractivity contribution is 0.00578. The van der Waals surface area contributed by atoms with Crippen molar-refractivity contribution in [2.75, 3.05) is 38.0 Å². The van der Waals surface area contributed by atoms with Crippen LogP contribution in [0.1, 0.15) is 38.8 Å².